The summed E-state index contributed by atoms with van der Waals surface area (Å²) in [5, 5.41) is 4.75. The molecule has 0 radical (unpaired) electrons. The average Bonchev–Trinajstić information content (AvgIpc) is 3.15. The molecule has 1 aromatic carbocycles. The molecule has 27 heavy (non-hydrogen) atoms. The van der Waals surface area contributed by atoms with E-state index in [2.05, 4.69) is 10.3 Å². The molecule has 0 saturated heterocycles. The van der Waals surface area contributed by atoms with Gasteiger partial charge >= 0.3 is 0 Å². The molecule has 0 bridgehead atoms. The van der Waals surface area contributed by atoms with E-state index in [9.17, 15) is 14.0 Å². The predicted octanol–water partition coefficient (Wildman–Crippen LogP) is 4.71. The standard InChI is InChI=1S/C21H19FN2O2S/c1-12-18(21(26)24-14-6-2-5-13(22)11-14)20(17-9-4-10-27-17)19-15(23-12)7-3-8-16(19)25/h2,4-6,9-11,18,20H,3,7-8H2,1H3,(H,24,26)/t18?,20-/m0/s1. The summed E-state index contributed by atoms with van der Waals surface area (Å²) in [4.78, 5) is 31.4. The third-order valence-corrected chi connectivity index (χ3v) is 6.01. The number of Topliss-reactive ketones (excluding diaryl/α,β-unsaturated/α-hetero) is 1. The van der Waals surface area contributed by atoms with Gasteiger partial charge in [0, 0.05) is 39.9 Å². The third-order valence-electron chi connectivity index (χ3n) is 5.06. The molecule has 0 spiro atoms. The molecular weight excluding hydrogens is 363 g/mol. The number of carbonyl (C=O) groups excluding carboxylic acids is 2. The second kappa shape index (κ2) is 7.19. The number of carbonyl (C=O) groups is 2. The Bertz CT molecular complexity index is 962. The van der Waals surface area contributed by atoms with Crippen LogP contribution in [0.15, 0.2) is 58.0 Å². The van der Waals surface area contributed by atoms with E-state index in [4.69, 9.17) is 0 Å². The number of amides is 1. The number of ketones is 1. The van der Waals surface area contributed by atoms with E-state index in [1.54, 1.807) is 12.1 Å². The lowest BCUT2D eigenvalue weighted by Gasteiger charge is -2.34. The van der Waals surface area contributed by atoms with Crippen LogP contribution in [-0.4, -0.2) is 17.4 Å². The quantitative estimate of drug-likeness (QED) is 0.836. The fourth-order valence-corrected chi connectivity index (χ4v) is 4.78. The summed E-state index contributed by atoms with van der Waals surface area (Å²) in [6.45, 7) is 1.83. The average molecular weight is 382 g/mol. The molecule has 138 valence electrons. The summed E-state index contributed by atoms with van der Waals surface area (Å²) in [6.07, 6.45) is 2.05. The highest BCUT2D eigenvalue weighted by atomic mass is 32.1. The number of benzene rings is 1. The first kappa shape index (κ1) is 17.8. The van der Waals surface area contributed by atoms with Gasteiger partial charge in [0.2, 0.25) is 5.91 Å². The molecule has 2 aliphatic rings. The summed E-state index contributed by atoms with van der Waals surface area (Å²) in [7, 11) is 0. The molecule has 4 rings (SSSR count). The maximum Gasteiger partial charge on any atom is 0.234 e. The van der Waals surface area contributed by atoms with Crippen molar-refractivity contribution in [3.63, 3.8) is 0 Å². The minimum atomic E-state index is -0.590. The lowest BCUT2D eigenvalue weighted by molar-refractivity contribution is -0.118. The Morgan fingerprint density at radius 1 is 1.26 bits per heavy atom. The summed E-state index contributed by atoms with van der Waals surface area (Å²) in [5.74, 6) is -1.53. The van der Waals surface area contributed by atoms with Crippen molar-refractivity contribution < 1.29 is 14.0 Å². The molecule has 1 amide bonds. The van der Waals surface area contributed by atoms with Crippen LogP contribution in [0.25, 0.3) is 0 Å². The lowest BCUT2D eigenvalue weighted by Crippen LogP contribution is -2.38. The van der Waals surface area contributed by atoms with Crippen LogP contribution in [0.3, 0.4) is 0 Å². The molecule has 2 atom stereocenters. The Kier molecular flexibility index (Phi) is 4.74. The van der Waals surface area contributed by atoms with Crippen molar-refractivity contribution in [2.45, 2.75) is 32.1 Å². The number of aliphatic imine (C=N–C) groups is 1. The van der Waals surface area contributed by atoms with Crippen LogP contribution in [-0.2, 0) is 9.59 Å². The van der Waals surface area contributed by atoms with Gasteiger partial charge in [0.25, 0.3) is 0 Å². The van der Waals surface area contributed by atoms with E-state index < -0.39 is 11.7 Å². The molecule has 1 N–H and O–H groups in total. The second-order valence-corrected chi connectivity index (χ2v) is 7.84. The molecule has 0 fully saturated rings. The van der Waals surface area contributed by atoms with E-state index in [0.717, 1.165) is 23.4 Å². The van der Waals surface area contributed by atoms with Crippen molar-refractivity contribution in [2.75, 3.05) is 5.32 Å². The largest absolute Gasteiger partial charge is 0.325 e. The zero-order chi connectivity index (χ0) is 19.0. The number of nitrogens with one attached hydrogen (secondary N) is 1. The van der Waals surface area contributed by atoms with Crippen molar-refractivity contribution >= 4 is 34.4 Å². The highest BCUT2D eigenvalue weighted by Crippen LogP contribution is 2.44. The number of thiophene rings is 1. The van der Waals surface area contributed by atoms with Gasteiger partial charge in [-0.1, -0.05) is 12.1 Å². The molecule has 1 aliphatic carbocycles. The van der Waals surface area contributed by atoms with Crippen LogP contribution < -0.4 is 5.32 Å². The SMILES string of the molecule is CC1=NC2=C(C(=O)CCC2)[C@@H](c2cccs2)C1C(=O)Nc1cccc(F)c1. The first-order chi connectivity index (χ1) is 13.0. The molecule has 0 saturated carbocycles. The number of nitrogens with zero attached hydrogens (tertiary/aromatic N) is 1. The van der Waals surface area contributed by atoms with Crippen molar-refractivity contribution in [1.29, 1.82) is 0 Å². The van der Waals surface area contributed by atoms with Crippen LogP contribution in [0, 0.1) is 11.7 Å². The van der Waals surface area contributed by atoms with Crippen molar-refractivity contribution in [3.05, 3.63) is 63.7 Å². The fourth-order valence-electron chi connectivity index (χ4n) is 3.91. The van der Waals surface area contributed by atoms with Crippen LogP contribution in [0.2, 0.25) is 0 Å². The van der Waals surface area contributed by atoms with Gasteiger partial charge in [-0.2, -0.15) is 0 Å². The van der Waals surface area contributed by atoms with Gasteiger partial charge in [-0.3, -0.25) is 14.6 Å². The van der Waals surface area contributed by atoms with Gasteiger partial charge in [-0.25, -0.2) is 4.39 Å². The van der Waals surface area contributed by atoms with E-state index in [1.807, 2.05) is 24.4 Å². The van der Waals surface area contributed by atoms with Crippen LogP contribution in [0.1, 0.15) is 37.0 Å². The Morgan fingerprint density at radius 2 is 2.11 bits per heavy atom. The van der Waals surface area contributed by atoms with Crippen LogP contribution >= 0.6 is 11.3 Å². The number of anilines is 1. The van der Waals surface area contributed by atoms with Gasteiger partial charge in [0.05, 0.1) is 5.92 Å². The number of halogens is 1. The van der Waals surface area contributed by atoms with Gasteiger partial charge in [-0.15, -0.1) is 11.3 Å². The molecular formula is C21H19FN2O2S. The van der Waals surface area contributed by atoms with E-state index >= 15 is 0 Å². The Hall–Kier alpha value is -2.60. The Labute approximate surface area is 160 Å². The molecule has 1 aromatic heterocycles. The first-order valence-electron chi connectivity index (χ1n) is 8.96. The van der Waals surface area contributed by atoms with E-state index in [1.165, 1.54) is 23.5 Å². The number of allylic oxidation sites excluding steroid dienone is 2. The second-order valence-electron chi connectivity index (χ2n) is 6.86. The minimum absolute atomic E-state index is 0.0782. The van der Waals surface area contributed by atoms with Gasteiger partial charge in [0.15, 0.2) is 5.78 Å². The van der Waals surface area contributed by atoms with Crippen LogP contribution in [0.5, 0.6) is 0 Å². The first-order valence-corrected chi connectivity index (χ1v) is 9.84. The van der Waals surface area contributed by atoms with Gasteiger partial charge < -0.3 is 5.32 Å². The molecule has 1 aliphatic heterocycles. The van der Waals surface area contributed by atoms with Crippen LogP contribution in [0.4, 0.5) is 10.1 Å². The molecule has 2 aromatic rings. The van der Waals surface area contributed by atoms with Crippen molar-refractivity contribution in [1.82, 2.24) is 0 Å². The van der Waals surface area contributed by atoms with Crippen molar-refractivity contribution in [2.24, 2.45) is 10.9 Å². The molecule has 4 nitrogen and oxygen atoms in total. The topological polar surface area (TPSA) is 58.5 Å². The van der Waals surface area contributed by atoms with Crippen molar-refractivity contribution in [3.8, 4) is 0 Å². The predicted molar refractivity (Wildman–Crippen MR) is 105 cm³/mol. The molecule has 2 heterocycles. The zero-order valence-corrected chi connectivity index (χ0v) is 15.7. The highest BCUT2D eigenvalue weighted by Gasteiger charge is 2.42. The fraction of sp³-hybridized carbons (Fsp3) is 0.286. The van der Waals surface area contributed by atoms with Gasteiger partial charge in [0.1, 0.15) is 5.82 Å². The Morgan fingerprint density at radius 3 is 2.85 bits per heavy atom. The molecule has 6 heteroatoms. The number of rotatable bonds is 3. The molecule has 1 unspecified atom stereocenters. The summed E-state index contributed by atoms with van der Waals surface area (Å²) in [5.41, 5.74) is 2.58. The number of hydrogen-bond acceptors (Lipinski definition) is 4. The normalized spacial score (nSPS) is 22.3. The summed E-state index contributed by atoms with van der Waals surface area (Å²) in [6, 6.07) is 9.69. The van der Waals surface area contributed by atoms with Gasteiger partial charge in [-0.05, 0) is 49.4 Å². The summed E-state index contributed by atoms with van der Waals surface area (Å²) >= 11 is 1.54. The monoisotopic (exact) mass is 382 g/mol. The highest BCUT2D eigenvalue weighted by molar-refractivity contribution is 7.10. The maximum atomic E-state index is 13.5. The van der Waals surface area contributed by atoms with E-state index in [-0.39, 0.29) is 17.6 Å². The smallest absolute Gasteiger partial charge is 0.234 e. The third kappa shape index (κ3) is 3.37. The minimum Gasteiger partial charge on any atom is -0.325 e. The Balaban J connectivity index is 1.74. The lowest BCUT2D eigenvalue weighted by atomic mass is 9.74. The number of hydrogen-bond donors (Lipinski definition) is 1. The maximum absolute atomic E-state index is 13.5. The van der Waals surface area contributed by atoms with E-state index in [0.29, 0.717) is 23.4 Å². The summed E-state index contributed by atoms with van der Waals surface area (Å²) < 4.78 is 13.5. The zero-order valence-electron chi connectivity index (χ0n) is 14.9.